The molecule has 188 valence electrons. The van der Waals surface area contributed by atoms with Crippen LogP contribution < -0.4 is 0 Å². The van der Waals surface area contributed by atoms with Gasteiger partial charge in [0.2, 0.25) is 0 Å². The van der Waals surface area contributed by atoms with E-state index in [-0.39, 0.29) is 11.4 Å². The first-order valence-electron chi connectivity index (χ1n) is 12.3. The average Bonchev–Trinajstić information content (AvgIpc) is 3.39. The molecule has 0 spiro atoms. The molecule has 5 rings (SSSR count). The van der Waals surface area contributed by atoms with Crippen LogP contribution in [0.2, 0.25) is 5.02 Å². The lowest BCUT2D eigenvalue weighted by atomic mass is 9.85. The summed E-state index contributed by atoms with van der Waals surface area (Å²) >= 11 is 5.98. The third-order valence-corrected chi connectivity index (χ3v) is 6.83. The normalized spacial score (nSPS) is 13.8. The van der Waals surface area contributed by atoms with Crippen LogP contribution in [0.25, 0.3) is 16.6 Å². The number of nitrogens with zero attached hydrogens (tertiary/aromatic N) is 1. The van der Waals surface area contributed by atoms with Gasteiger partial charge in [0, 0.05) is 28.2 Å². The molecule has 0 fully saturated rings. The number of carbonyl (C=O) groups excluding carboxylic acids is 1. The van der Waals surface area contributed by atoms with Gasteiger partial charge in [0.1, 0.15) is 11.6 Å². The predicted molar refractivity (Wildman–Crippen MR) is 141 cm³/mol. The molecule has 0 radical (unpaired) electrons. The molecule has 0 saturated carbocycles. The Labute approximate surface area is 215 Å². The maximum atomic E-state index is 13.4. The van der Waals surface area contributed by atoms with Crippen LogP contribution in [0.3, 0.4) is 0 Å². The molecule has 4 aromatic rings. The number of aromatic nitrogens is 1. The number of rotatable bonds is 6. The van der Waals surface area contributed by atoms with Gasteiger partial charge < -0.3 is 9.30 Å². The van der Waals surface area contributed by atoms with E-state index in [0.717, 1.165) is 25.5 Å². The van der Waals surface area contributed by atoms with Crippen LogP contribution in [0.15, 0.2) is 66.9 Å². The molecule has 1 aliphatic heterocycles. The summed E-state index contributed by atoms with van der Waals surface area (Å²) in [6.45, 7) is 6.72. The zero-order chi connectivity index (χ0) is 25.9. The Morgan fingerprint density at radius 3 is 2.31 bits per heavy atom. The van der Waals surface area contributed by atoms with E-state index in [0.29, 0.717) is 27.2 Å². The lowest BCUT2D eigenvalue weighted by molar-refractivity contribution is -0.0518. The van der Waals surface area contributed by atoms with E-state index in [1.165, 1.54) is 43.0 Å². The van der Waals surface area contributed by atoms with Crippen LogP contribution in [-0.4, -0.2) is 10.4 Å². The number of halogens is 3. The molecule has 2 heterocycles. The molecule has 36 heavy (non-hydrogen) atoms. The van der Waals surface area contributed by atoms with Gasteiger partial charge in [0.25, 0.3) is 0 Å². The summed E-state index contributed by atoms with van der Waals surface area (Å²) in [4.78, 5) is 11.7. The molecule has 0 bridgehead atoms. The van der Waals surface area contributed by atoms with E-state index in [4.69, 9.17) is 16.3 Å². The van der Waals surface area contributed by atoms with Crippen LogP contribution in [0.1, 0.15) is 67.9 Å². The second-order valence-corrected chi connectivity index (χ2v) is 9.63. The van der Waals surface area contributed by atoms with Crippen molar-refractivity contribution in [3.63, 3.8) is 0 Å². The van der Waals surface area contributed by atoms with Gasteiger partial charge in [-0.15, -0.1) is 0 Å². The highest BCUT2D eigenvalue weighted by Gasteiger charge is 2.37. The fraction of sp³-hybridized carbons (Fsp3) is 0.300. The summed E-state index contributed by atoms with van der Waals surface area (Å²) in [5.74, 6) is -1.49. The zero-order valence-corrected chi connectivity index (χ0v) is 21.5. The molecular weight excluding hydrogens is 480 g/mol. The average molecular weight is 510 g/mol. The number of fused-ring (bicyclic) bond motifs is 2. The van der Waals surface area contributed by atoms with Crippen molar-refractivity contribution in [1.82, 2.24) is 4.57 Å². The second kappa shape index (κ2) is 10.9. The third-order valence-electron chi connectivity index (χ3n) is 6.59. The predicted octanol–water partition coefficient (Wildman–Crippen LogP) is 8.78. The van der Waals surface area contributed by atoms with Gasteiger partial charge in [-0.25, -0.2) is 8.78 Å². The smallest absolute Gasteiger partial charge is 0.161 e. The zero-order valence-electron chi connectivity index (χ0n) is 20.8. The third kappa shape index (κ3) is 5.23. The lowest BCUT2D eigenvalue weighted by Gasteiger charge is -2.29. The summed E-state index contributed by atoms with van der Waals surface area (Å²) in [7, 11) is 0. The molecule has 1 aliphatic rings. The van der Waals surface area contributed by atoms with Crippen molar-refractivity contribution < 1.29 is 18.3 Å². The fourth-order valence-corrected chi connectivity index (χ4v) is 5.27. The van der Waals surface area contributed by atoms with Crippen LogP contribution in [0, 0.1) is 11.6 Å². The number of carbonyl (C=O) groups is 1. The topological polar surface area (TPSA) is 31.2 Å². The Kier molecular flexibility index (Phi) is 7.91. The van der Waals surface area contributed by atoms with E-state index in [2.05, 4.69) is 38.1 Å². The molecule has 0 amide bonds. The van der Waals surface area contributed by atoms with Gasteiger partial charge in [-0.2, -0.15) is 0 Å². The number of Topliss-reactive ketones (excluding diaryl/α,β-unsaturated/α-hetero) is 1. The molecule has 0 aliphatic carbocycles. The molecule has 0 atom stereocenters. The van der Waals surface area contributed by atoms with Gasteiger partial charge in [-0.3, -0.25) is 4.79 Å². The largest absolute Gasteiger partial charge is 0.366 e. The number of ether oxygens (including phenoxy) is 1. The Bertz CT molecular complexity index is 1360. The van der Waals surface area contributed by atoms with E-state index < -0.39 is 11.6 Å². The van der Waals surface area contributed by atoms with E-state index >= 15 is 0 Å². The van der Waals surface area contributed by atoms with E-state index in [9.17, 15) is 13.6 Å². The van der Waals surface area contributed by atoms with Crippen molar-refractivity contribution in [2.24, 2.45) is 0 Å². The highest BCUT2D eigenvalue weighted by atomic mass is 35.5. The molecule has 3 aromatic carbocycles. The van der Waals surface area contributed by atoms with Crippen molar-refractivity contribution in [1.29, 1.82) is 0 Å². The maximum Gasteiger partial charge on any atom is 0.161 e. The van der Waals surface area contributed by atoms with Gasteiger partial charge in [-0.05, 0) is 55.2 Å². The van der Waals surface area contributed by atoms with Gasteiger partial charge >= 0.3 is 0 Å². The molecule has 0 unspecified atom stereocenters. The minimum Gasteiger partial charge on any atom is -0.366 e. The lowest BCUT2D eigenvalue weighted by Crippen LogP contribution is -2.24. The molecule has 0 saturated heterocycles. The molecule has 1 aromatic heterocycles. The first-order chi connectivity index (χ1) is 17.3. The quantitative estimate of drug-likeness (QED) is 0.243. The first kappa shape index (κ1) is 26.1. The Morgan fingerprint density at radius 1 is 1.00 bits per heavy atom. The number of benzene rings is 3. The van der Waals surface area contributed by atoms with Gasteiger partial charge in [-0.1, -0.05) is 68.6 Å². The maximum absolute atomic E-state index is 13.4. The summed E-state index contributed by atoms with van der Waals surface area (Å²) in [6, 6.07) is 16.9. The van der Waals surface area contributed by atoms with Crippen molar-refractivity contribution >= 4 is 28.3 Å². The summed E-state index contributed by atoms with van der Waals surface area (Å²) in [5, 5.41) is 1.17. The minimum atomic E-state index is -0.682. The van der Waals surface area contributed by atoms with E-state index in [1.807, 2.05) is 0 Å². The molecular formula is C30H30ClF2NO2. The van der Waals surface area contributed by atoms with Crippen molar-refractivity contribution in [3.8, 4) is 5.69 Å². The Balaban J connectivity index is 0.000000179. The highest BCUT2D eigenvalue weighted by molar-refractivity contribution is 6.31. The highest BCUT2D eigenvalue weighted by Crippen LogP contribution is 2.43. The molecule has 6 heteroatoms. The summed E-state index contributed by atoms with van der Waals surface area (Å²) in [6.07, 6.45) is 6.25. The van der Waals surface area contributed by atoms with E-state index in [1.54, 1.807) is 29.0 Å². The van der Waals surface area contributed by atoms with Crippen LogP contribution >= 0.6 is 11.6 Å². The Morgan fingerprint density at radius 2 is 1.67 bits per heavy atom. The van der Waals surface area contributed by atoms with Gasteiger partial charge in [0.05, 0.1) is 23.4 Å². The van der Waals surface area contributed by atoms with Crippen molar-refractivity contribution in [3.05, 3.63) is 100 Å². The SMILES string of the molecule is CC(=O)c1cn(-c2cc(F)cc(F)c2)c2cc(Cl)ccc12.CCCC1(CCC)OCc2ccccc21. The van der Waals surface area contributed by atoms with Gasteiger partial charge in [0.15, 0.2) is 5.78 Å². The van der Waals surface area contributed by atoms with Crippen LogP contribution in [0.4, 0.5) is 8.78 Å². The fourth-order valence-electron chi connectivity index (χ4n) is 5.10. The number of hydrogen-bond acceptors (Lipinski definition) is 2. The molecule has 0 N–H and O–H groups in total. The minimum absolute atomic E-state index is 0.0279. The summed E-state index contributed by atoms with van der Waals surface area (Å²) in [5.41, 5.74) is 4.25. The van der Waals surface area contributed by atoms with Crippen molar-refractivity contribution in [2.45, 2.75) is 58.7 Å². The molecule has 3 nitrogen and oxygen atoms in total. The first-order valence-corrected chi connectivity index (χ1v) is 12.7. The van der Waals surface area contributed by atoms with Crippen LogP contribution in [0.5, 0.6) is 0 Å². The monoisotopic (exact) mass is 509 g/mol. The second-order valence-electron chi connectivity index (χ2n) is 9.20. The number of hydrogen-bond donors (Lipinski definition) is 0. The summed E-state index contributed by atoms with van der Waals surface area (Å²) < 4.78 is 34.5. The van der Waals surface area contributed by atoms with Crippen LogP contribution in [-0.2, 0) is 16.9 Å². The Hall–Kier alpha value is -3.02. The standard InChI is InChI=1S/C16H10ClF2NO.C14H20O/c1-9(21)15-8-20(13-6-11(18)5-12(19)7-13)16-4-10(17)2-3-14(15)16;1-3-9-14(10-4-2)13-8-6-5-7-12(13)11-15-14/h2-8H,1H3;5-8H,3-4,9-11H2,1-2H3. The number of ketones is 1. The van der Waals surface area contributed by atoms with Crippen molar-refractivity contribution in [2.75, 3.05) is 0 Å².